The Morgan fingerprint density at radius 1 is 0.969 bits per heavy atom. The molecule has 1 aliphatic heterocycles. The molecule has 3 aromatic rings. The Bertz CT molecular complexity index is 1080. The molecule has 2 heterocycles. The van der Waals surface area contributed by atoms with E-state index in [0.717, 1.165) is 31.7 Å². The maximum Gasteiger partial charge on any atom is 0.252 e. The number of rotatable bonds is 6. The maximum atomic E-state index is 12.8. The number of thioether (sulfide) groups is 1. The normalized spacial score (nSPS) is 13.8. The van der Waals surface area contributed by atoms with Crippen LogP contribution in [0.15, 0.2) is 59.9 Å². The van der Waals surface area contributed by atoms with Crippen molar-refractivity contribution < 1.29 is 9.53 Å². The molecule has 0 aliphatic carbocycles. The first kappa shape index (κ1) is 22.1. The van der Waals surface area contributed by atoms with Crippen molar-refractivity contribution in [1.29, 1.82) is 0 Å². The third-order valence-electron chi connectivity index (χ3n) is 5.75. The Hall–Kier alpha value is -3.06. The number of aryl methyl sites for hydroxylation is 2. The van der Waals surface area contributed by atoms with Gasteiger partial charge in [0.25, 0.3) is 5.88 Å². The van der Waals surface area contributed by atoms with E-state index in [2.05, 4.69) is 46.9 Å². The Kier molecular flexibility index (Phi) is 6.95. The van der Waals surface area contributed by atoms with Gasteiger partial charge in [-0.25, -0.2) is 9.97 Å². The second-order valence-corrected chi connectivity index (χ2v) is 8.92. The highest BCUT2D eigenvalue weighted by atomic mass is 32.2. The molecule has 6 nitrogen and oxygen atoms in total. The first-order valence-corrected chi connectivity index (χ1v) is 11.8. The van der Waals surface area contributed by atoms with Gasteiger partial charge in [-0.15, -0.1) is 0 Å². The Balaban J connectivity index is 1.33. The average molecular weight is 449 g/mol. The number of carbonyl (C=O) groups is 1. The molecule has 0 bridgehead atoms. The minimum Gasteiger partial charge on any atom is -0.437 e. The minimum atomic E-state index is 0.113. The number of piperazine rings is 1. The van der Waals surface area contributed by atoms with E-state index in [0.29, 0.717) is 22.4 Å². The van der Waals surface area contributed by atoms with E-state index in [-0.39, 0.29) is 5.91 Å². The van der Waals surface area contributed by atoms with Gasteiger partial charge < -0.3 is 14.5 Å². The summed E-state index contributed by atoms with van der Waals surface area (Å²) in [4.78, 5) is 25.8. The summed E-state index contributed by atoms with van der Waals surface area (Å²) in [7, 11) is 0. The predicted octanol–water partition coefficient (Wildman–Crippen LogP) is 4.64. The molecule has 0 spiro atoms. The lowest BCUT2D eigenvalue weighted by molar-refractivity contribution is -0.128. The van der Waals surface area contributed by atoms with Gasteiger partial charge in [0.05, 0.1) is 5.75 Å². The van der Waals surface area contributed by atoms with Crippen LogP contribution in [-0.4, -0.2) is 52.7 Å². The lowest BCUT2D eigenvalue weighted by Crippen LogP contribution is -2.49. The van der Waals surface area contributed by atoms with Crippen molar-refractivity contribution >= 4 is 23.4 Å². The summed E-state index contributed by atoms with van der Waals surface area (Å²) in [6, 6.07) is 14.2. The molecule has 2 aromatic carbocycles. The van der Waals surface area contributed by atoms with Crippen LogP contribution in [0.2, 0.25) is 0 Å². The van der Waals surface area contributed by atoms with Gasteiger partial charge in [0.2, 0.25) is 5.91 Å². The number of hydrogen-bond acceptors (Lipinski definition) is 6. The topological polar surface area (TPSA) is 58.6 Å². The Labute approximate surface area is 193 Å². The number of ether oxygens (including phenoxy) is 1. The van der Waals surface area contributed by atoms with Gasteiger partial charge in [-0.1, -0.05) is 41.6 Å². The summed E-state index contributed by atoms with van der Waals surface area (Å²) < 4.78 is 5.90. The number of hydrogen-bond donors (Lipinski definition) is 0. The van der Waals surface area contributed by atoms with Crippen LogP contribution < -0.4 is 9.64 Å². The van der Waals surface area contributed by atoms with Gasteiger partial charge in [0.15, 0.2) is 5.03 Å². The molecule has 1 fully saturated rings. The fourth-order valence-electron chi connectivity index (χ4n) is 3.70. The van der Waals surface area contributed by atoms with Gasteiger partial charge >= 0.3 is 0 Å². The summed E-state index contributed by atoms with van der Waals surface area (Å²) in [5.74, 6) is 1.55. The van der Waals surface area contributed by atoms with Crippen molar-refractivity contribution in [2.24, 2.45) is 0 Å². The summed E-state index contributed by atoms with van der Waals surface area (Å²) in [6.07, 6.45) is 3.22. The largest absolute Gasteiger partial charge is 0.437 e. The quantitative estimate of drug-likeness (QED) is 0.512. The van der Waals surface area contributed by atoms with Gasteiger partial charge in [0, 0.05) is 44.3 Å². The van der Waals surface area contributed by atoms with Crippen LogP contribution in [0, 0.1) is 20.8 Å². The zero-order chi connectivity index (χ0) is 22.5. The fourth-order valence-corrected chi connectivity index (χ4v) is 4.49. The molecule has 7 heteroatoms. The standard InChI is InChI=1S/C25H28N4O2S/c1-18-7-9-21(10-8-18)31-24-25(27-12-11-26-24)32-17-23(30)29-15-13-28(14-16-29)22-6-4-5-19(2)20(22)3/h4-12H,13-17H2,1-3H3. The summed E-state index contributed by atoms with van der Waals surface area (Å²) >= 11 is 1.37. The first-order chi connectivity index (χ1) is 15.5. The third-order valence-corrected chi connectivity index (χ3v) is 6.69. The van der Waals surface area contributed by atoms with Crippen molar-refractivity contribution in [2.75, 3.05) is 36.8 Å². The third kappa shape index (κ3) is 5.22. The molecule has 166 valence electrons. The van der Waals surface area contributed by atoms with Crippen LogP contribution in [0.5, 0.6) is 11.6 Å². The molecule has 32 heavy (non-hydrogen) atoms. The summed E-state index contributed by atoms with van der Waals surface area (Å²) in [5, 5.41) is 0.621. The lowest BCUT2D eigenvalue weighted by atomic mass is 10.1. The Morgan fingerprint density at radius 2 is 1.69 bits per heavy atom. The van der Waals surface area contributed by atoms with Crippen LogP contribution in [0.4, 0.5) is 5.69 Å². The van der Waals surface area contributed by atoms with Crippen LogP contribution in [-0.2, 0) is 4.79 Å². The van der Waals surface area contributed by atoms with Crippen molar-refractivity contribution in [3.63, 3.8) is 0 Å². The molecule has 1 aromatic heterocycles. The van der Waals surface area contributed by atoms with E-state index in [1.807, 2.05) is 36.1 Å². The van der Waals surface area contributed by atoms with Crippen molar-refractivity contribution in [1.82, 2.24) is 14.9 Å². The van der Waals surface area contributed by atoms with E-state index < -0.39 is 0 Å². The lowest BCUT2D eigenvalue weighted by Gasteiger charge is -2.37. The SMILES string of the molecule is Cc1ccc(Oc2nccnc2SCC(=O)N2CCN(c3cccc(C)c3C)CC2)cc1. The van der Waals surface area contributed by atoms with E-state index in [1.54, 1.807) is 12.4 Å². The van der Waals surface area contributed by atoms with E-state index in [4.69, 9.17) is 4.74 Å². The molecule has 0 radical (unpaired) electrons. The number of amides is 1. The van der Waals surface area contributed by atoms with Crippen molar-refractivity contribution in [2.45, 2.75) is 25.8 Å². The monoisotopic (exact) mass is 448 g/mol. The molecular weight excluding hydrogens is 420 g/mol. The zero-order valence-corrected chi connectivity index (χ0v) is 19.6. The second-order valence-electron chi connectivity index (χ2n) is 7.96. The number of nitrogens with zero attached hydrogens (tertiary/aromatic N) is 4. The highest BCUT2D eigenvalue weighted by Crippen LogP contribution is 2.29. The number of benzene rings is 2. The molecule has 0 saturated carbocycles. The molecule has 1 saturated heterocycles. The molecule has 1 aliphatic rings. The van der Waals surface area contributed by atoms with E-state index in [1.165, 1.54) is 28.6 Å². The molecule has 0 N–H and O–H groups in total. The number of aromatic nitrogens is 2. The zero-order valence-electron chi connectivity index (χ0n) is 18.7. The summed E-state index contributed by atoms with van der Waals surface area (Å²) in [5.41, 5.74) is 5.04. The van der Waals surface area contributed by atoms with Crippen LogP contribution in [0.25, 0.3) is 0 Å². The number of carbonyl (C=O) groups excluding carboxylic acids is 1. The second kappa shape index (κ2) is 10.0. The smallest absolute Gasteiger partial charge is 0.252 e. The van der Waals surface area contributed by atoms with Crippen LogP contribution in [0.1, 0.15) is 16.7 Å². The molecular formula is C25H28N4O2S. The van der Waals surface area contributed by atoms with Crippen LogP contribution in [0.3, 0.4) is 0 Å². The molecule has 0 unspecified atom stereocenters. The van der Waals surface area contributed by atoms with E-state index >= 15 is 0 Å². The highest BCUT2D eigenvalue weighted by molar-refractivity contribution is 8.00. The van der Waals surface area contributed by atoms with E-state index in [9.17, 15) is 4.79 Å². The van der Waals surface area contributed by atoms with Crippen molar-refractivity contribution in [3.05, 3.63) is 71.5 Å². The maximum absolute atomic E-state index is 12.8. The average Bonchev–Trinajstić information content (AvgIpc) is 2.82. The van der Waals surface area contributed by atoms with Gasteiger partial charge in [0.1, 0.15) is 5.75 Å². The molecule has 4 rings (SSSR count). The van der Waals surface area contributed by atoms with Gasteiger partial charge in [-0.2, -0.15) is 0 Å². The first-order valence-electron chi connectivity index (χ1n) is 10.8. The summed E-state index contributed by atoms with van der Waals surface area (Å²) in [6.45, 7) is 9.46. The van der Waals surface area contributed by atoms with Gasteiger partial charge in [-0.3, -0.25) is 4.79 Å². The Morgan fingerprint density at radius 3 is 2.44 bits per heavy atom. The van der Waals surface area contributed by atoms with Gasteiger partial charge in [-0.05, 0) is 50.1 Å². The predicted molar refractivity (Wildman–Crippen MR) is 129 cm³/mol. The highest BCUT2D eigenvalue weighted by Gasteiger charge is 2.23. The number of anilines is 1. The molecule has 0 atom stereocenters. The fraction of sp³-hybridized carbons (Fsp3) is 0.320. The van der Waals surface area contributed by atoms with Crippen molar-refractivity contribution in [3.8, 4) is 11.6 Å². The van der Waals surface area contributed by atoms with Crippen LogP contribution >= 0.6 is 11.8 Å². The molecule has 1 amide bonds. The minimum absolute atomic E-state index is 0.113.